The molecule has 1 heterocycles. The highest BCUT2D eigenvalue weighted by Gasteiger charge is 2.38. The van der Waals surface area contributed by atoms with Crippen molar-refractivity contribution in [1.29, 1.82) is 0 Å². The minimum Gasteiger partial charge on any atom is -0.405 e. The molecule has 0 aliphatic rings. The third-order valence-corrected chi connectivity index (χ3v) is 5.13. The molecular weight excluding hydrogens is 505 g/mol. The number of ether oxygens (including phenoxy) is 1. The van der Waals surface area contributed by atoms with Crippen LogP contribution in [-0.2, 0) is 23.6 Å². The van der Waals surface area contributed by atoms with Gasteiger partial charge in [-0.05, 0) is 35.9 Å². The third kappa shape index (κ3) is 6.98. The van der Waals surface area contributed by atoms with Crippen molar-refractivity contribution < 1.29 is 49.0 Å². The van der Waals surface area contributed by atoms with Crippen LogP contribution in [0.15, 0.2) is 66.9 Å². The van der Waals surface area contributed by atoms with E-state index in [1.807, 2.05) is 0 Å². The van der Waals surface area contributed by atoms with Gasteiger partial charge in [0.05, 0.1) is 16.8 Å². The van der Waals surface area contributed by atoms with Crippen LogP contribution in [0.1, 0.15) is 40.3 Å². The van der Waals surface area contributed by atoms with Crippen molar-refractivity contribution in [2.75, 3.05) is 0 Å². The number of para-hydroxylation sites is 1. The van der Waals surface area contributed by atoms with E-state index in [2.05, 4.69) is 9.72 Å². The first kappa shape index (κ1) is 27.0. The van der Waals surface area contributed by atoms with Crippen molar-refractivity contribution in [2.24, 2.45) is 0 Å². The molecule has 0 N–H and O–H groups in total. The zero-order valence-corrected chi connectivity index (χ0v) is 18.0. The Morgan fingerprint density at radius 1 is 0.806 bits per heavy atom. The largest absolute Gasteiger partial charge is 0.573 e. The number of alkyl halides is 9. The number of hydrogen-bond acceptors (Lipinski definition) is 3. The minimum atomic E-state index is -5.04. The summed E-state index contributed by atoms with van der Waals surface area (Å²) in [5.74, 6) is -2.86. The molecule has 0 saturated carbocycles. The Balaban J connectivity index is 1.99. The molecule has 0 radical (unpaired) electrons. The second kappa shape index (κ2) is 10.2. The molecule has 0 fully saturated rings. The van der Waals surface area contributed by atoms with E-state index in [0.717, 1.165) is 36.5 Å². The van der Waals surface area contributed by atoms with Gasteiger partial charge in [0.1, 0.15) is 11.5 Å². The molecule has 0 saturated heterocycles. The Hall–Kier alpha value is -3.57. The van der Waals surface area contributed by atoms with Crippen LogP contribution in [0.4, 0.5) is 39.5 Å². The smallest absolute Gasteiger partial charge is 0.405 e. The van der Waals surface area contributed by atoms with Gasteiger partial charge in [0, 0.05) is 30.5 Å². The summed E-state index contributed by atoms with van der Waals surface area (Å²) in [4.78, 5) is 16.6. The van der Waals surface area contributed by atoms with Gasteiger partial charge in [-0.1, -0.05) is 30.3 Å². The Morgan fingerprint density at radius 2 is 1.44 bits per heavy atom. The van der Waals surface area contributed by atoms with E-state index in [9.17, 15) is 44.3 Å². The average molecular weight is 521 g/mol. The maximum Gasteiger partial charge on any atom is 0.573 e. The van der Waals surface area contributed by atoms with Crippen LogP contribution in [0.5, 0.6) is 5.75 Å². The van der Waals surface area contributed by atoms with Crippen LogP contribution < -0.4 is 4.74 Å². The predicted molar refractivity (Wildman–Crippen MR) is 109 cm³/mol. The highest BCUT2D eigenvalue weighted by Crippen LogP contribution is 2.39. The Labute approximate surface area is 198 Å². The zero-order valence-electron chi connectivity index (χ0n) is 18.0. The number of carbonyl (C=O) groups is 1. The second-order valence-electron chi connectivity index (χ2n) is 7.68. The lowest BCUT2D eigenvalue weighted by atomic mass is 9.86. The fraction of sp³-hybridized carbons (Fsp3) is 0.250. The van der Waals surface area contributed by atoms with E-state index >= 15 is 0 Å². The first-order valence-corrected chi connectivity index (χ1v) is 10.2. The minimum absolute atomic E-state index is 0.0552. The summed E-state index contributed by atoms with van der Waals surface area (Å²) in [5, 5.41) is 0. The molecule has 3 aromatic rings. The van der Waals surface area contributed by atoms with Gasteiger partial charge in [0.2, 0.25) is 0 Å². The normalized spacial score (nSPS) is 13.4. The van der Waals surface area contributed by atoms with Crippen molar-refractivity contribution >= 4 is 5.78 Å². The highest BCUT2D eigenvalue weighted by molar-refractivity contribution is 5.83. The molecule has 12 heteroatoms. The maximum atomic E-state index is 13.6. The molecule has 3 nitrogen and oxygen atoms in total. The van der Waals surface area contributed by atoms with Crippen molar-refractivity contribution in [2.45, 2.75) is 37.5 Å². The van der Waals surface area contributed by atoms with Crippen LogP contribution >= 0.6 is 0 Å². The predicted octanol–water partition coefficient (Wildman–Crippen LogP) is 7.35. The number of pyridine rings is 1. The van der Waals surface area contributed by atoms with E-state index in [4.69, 9.17) is 0 Å². The van der Waals surface area contributed by atoms with Gasteiger partial charge in [-0.3, -0.25) is 9.78 Å². The van der Waals surface area contributed by atoms with E-state index in [-0.39, 0.29) is 11.1 Å². The van der Waals surface area contributed by atoms with Crippen LogP contribution in [0.2, 0.25) is 0 Å². The summed E-state index contributed by atoms with van der Waals surface area (Å²) >= 11 is 0. The van der Waals surface area contributed by atoms with Gasteiger partial charge in [-0.15, -0.1) is 13.2 Å². The Bertz CT molecular complexity index is 1200. The van der Waals surface area contributed by atoms with Crippen LogP contribution in [0.25, 0.3) is 0 Å². The Kier molecular flexibility index (Phi) is 7.65. The van der Waals surface area contributed by atoms with Gasteiger partial charge in [-0.2, -0.15) is 26.3 Å². The SMILES string of the molecule is O=C(Cc1ccccc1OC(F)(F)F)C[C@@H](c1ccc(C(F)(F)F)cc1)c1ncccc1C(F)(F)F. The topological polar surface area (TPSA) is 39.2 Å². The number of Topliss-reactive ketones (excluding diaryl/α,β-unsaturated/α-hetero) is 1. The molecule has 0 unspecified atom stereocenters. The molecule has 0 amide bonds. The molecule has 1 aromatic heterocycles. The van der Waals surface area contributed by atoms with E-state index < -0.39 is 65.8 Å². The average Bonchev–Trinajstić information content (AvgIpc) is 2.77. The molecule has 0 bridgehead atoms. The number of ketones is 1. The lowest BCUT2D eigenvalue weighted by molar-refractivity contribution is -0.274. The van der Waals surface area contributed by atoms with Gasteiger partial charge in [-0.25, -0.2) is 0 Å². The van der Waals surface area contributed by atoms with Gasteiger partial charge >= 0.3 is 18.7 Å². The molecule has 1 atom stereocenters. The first-order valence-electron chi connectivity index (χ1n) is 10.2. The number of hydrogen-bond donors (Lipinski definition) is 0. The lowest BCUT2D eigenvalue weighted by Gasteiger charge is -2.21. The number of rotatable bonds is 7. The van der Waals surface area contributed by atoms with Crippen molar-refractivity contribution in [3.63, 3.8) is 0 Å². The number of nitrogens with zero attached hydrogens (tertiary/aromatic N) is 1. The summed E-state index contributed by atoms with van der Waals surface area (Å²) in [7, 11) is 0. The lowest BCUT2D eigenvalue weighted by Crippen LogP contribution is -2.20. The summed E-state index contributed by atoms with van der Waals surface area (Å²) < 4.78 is 122. The molecule has 0 aliphatic heterocycles. The van der Waals surface area contributed by atoms with E-state index in [1.54, 1.807) is 0 Å². The number of benzene rings is 2. The molecule has 2 aromatic carbocycles. The van der Waals surface area contributed by atoms with Crippen molar-refractivity contribution in [3.05, 3.63) is 94.8 Å². The Morgan fingerprint density at radius 3 is 2.03 bits per heavy atom. The summed E-state index contributed by atoms with van der Waals surface area (Å²) in [6, 6.07) is 9.69. The molecule has 0 aliphatic carbocycles. The fourth-order valence-electron chi connectivity index (χ4n) is 3.60. The van der Waals surface area contributed by atoms with Crippen LogP contribution in [0, 0.1) is 0 Å². The quantitative estimate of drug-likeness (QED) is 0.305. The second-order valence-corrected chi connectivity index (χ2v) is 7.68. The first-order chi connectivity index (χ1) is 16.6. The van der Waals surface area contributed by atoms with E-state index in [1.165, 1.54) is 18.2 Å². The van der Waals surface area contributed by atoms with Crippen LogP contribution in [0.3, 0.4) is 0 Å². The fourth-order valence-corrected chi connectivity index (χ4v) is 3.60. The summed E-state index contributed by atoms with van der Waals surface area (Å²) in [5.41, 5.74) is -3.06. The number of carbonyl (C=O) groups excluding carboxylic acids is 1. The molecule has 36 heavy (non-hydrogen) atoms. The maximum absolute atomic E-state index is 13.6. The third-order valence-electron chi connectivity index (χ3n) is 5.13. The zero-order chi connectivity index (χ0) is 26.7. The molecule has 192 valence electrons. The van der Waals surface area contributed by atoms with Crippen molar-refractivity contribution in [1.82, 2.24) is 4.98 Å². The number of halogens is 9. The molecular formula is C24H16F9NO2. The van der Waals surface area contributed by atoms with Gasteiger partial charge in [0.15, 0.2) is 0 Å². The molecule has 3 rings (SSSR count). The van der Waals surface area contributed by atoms with Gasteiger partial charge < -0.3 is 4.74 Å². The monoisotopic (exact) mass is 521 g/mol. The summed E-state index contributed by atoms with van der Waals surface area (Å²) in [6.45, 7) is 0. The van der Waals surface area contributed by atoms with Gasteiger partial charge in [0.25, 0.3) is 0 Å². The highest BCUT2D eigenvalue weighted by atomic mass is 19.4. The number of aromatic nitrogens is 1. The van der Waals surface area contributed by atoms with Crippen molar-refractivity contribution in [3.8, 4) is 5.75 Å². The summed E-state index contributed by atoms with van der Waals surface area (Å²) in [6.07, 6.45) is -14.9. The standard InChI is InChI=1S/C24H16F9NO2/c25-22(26,27)16-9-7-14(8-10-16)18(21-19(23(28,29)30)5-3-11-34-21)13-17(35)12-15-4-1-2-6-20(15)36-24(31,32)33/h1-11,18H,12-13H2/t18-/m0/s1. The van der Waals surface area contributed by atoms with E-state index in [0.29, 0.717) is 12.1 Å². The van der Waals surface area contributed by atoms with Crippen LogP contribution in [-0.4, -0.2) is 17.1 Å². The molecule has 0 spiro atoms.